The Hall–Kier alpha value is -3.35. The van der Waals surface area contributed by atoms with E-state index in [-0.39, 0.29) is 12.1 Å². The molecule has 1 aliphatic heterocycles. The van der Waals surface area contributed by atoms with Crippen molar-refractivity contribution in [2.24, 2.45) is 0 Å². The summed E-state index contributed by atoms with van der Waals surface area (Å²) in [4.78, 5) is 19.0. The third kappa shape index (κ3) is 3.48. The number of benzene rings is 2. The summed E-state index contributed by atoms with van der Waals surface area (Å²) < 4.78 is 10.9. The molecule has 4 rings (SSSR count). The normalized spacial score (nSPS) is 16.3. The van der Waals surface area contributed by atoms with E-state index in [1.165, 1.54) is 0 Å². The minimum Gasteiger partial charge on any atom is -0.496 e. The fourth-order valence-electron chi connectivity index (χ4n) is 3.29. The third-order valence-corrected chi connectivity index (χ3v) is 4.61. The average molecular weight is 364 g/mol. The second kappa shape index (κ2) is 7.49. The predicted octanol–water partition coefficient (Wildman–Crippen LogP) is 4.11. The molecule has 1 atom stereocenters. The summed E-state index contributed by atoms with van der Waals surface area (Å²) in [7, 11) is 1.60. The largest absolute Gasteiger partial charge is 0.496 e. The number of likely N-dealkylation sites (tertiary alicyclic amines) is 1. The zero-order valence-electron chi connectivity index (χ0n) is 15.0. The van der Waals surface area contributed by atoms with Crippen LogP contribution in [0.2, 0.25) is 0 Å². The van der Waals surface area contributed by atoms with E-state index < -0.39 is 0 Å². The molecule has 3 aromatic rings. The number of amides is 2. The van der Waals surface area contributed by atoms with Crippen LogP contribution in [0.3, 0.4) is 0 Å². The number of carbonyl (C=O) groups is 1. The van der Waals surface area contributed by atoms with Crippen molar-refractivity contribution in [1.29, 1.82) is 0 Å². The molecule has 1 aliphatic rings. The maximum Gasteiger partial charge on any atom is 0.322 e. The first-order valence-electron chi connectivity index (χ1n) is 8.86. The molecule has 1 aromatic heterocycles. The molecule has 1 fully saturated rings. The summed E-state index contributed by atoms with van der Waals surface area (Å²) >= 11 is 0. The standard InChI is InChI=1S/C20H20N4O3/c1-26-17-12-6-5-10-15(17)18-22-19(27-23-18)16-11-7-13-24(16)20(25)21-14-8-3-2-4-9-14/h2-6,8-10,12,16H,7,11,13H2,1H3,(H,21,25)/t16-/m1/s1. The van der Waals surface area contributed by atoms with E-state index in [1.807, 2.05) is 54.6 Å². The molecule has 0 unspecified atom stereocenters. The molecule has 1 saturated heterocycles. The van der Waals surface area contributed by atoms with E-state index >= 15 is 0 Å². The number of para-hydroxylation sites is 2. The van der Waals surface area contributed by atoms with Crippen LogP contribution in [-0.2, 0) is 0 Å². The quantitative estimate of drug-likeness (QED) is 0.753. The van der Waals surface area contributed by atoms with Gasteiger partial charge in [-0.3, -0.25) is 0 Å². The van der Waals surface area contributed by atoms with Gasteiger partial charge < -0.3 is 19.5 Å². The zero-order valence-corrected chi connectivity index (χ0v) is 15.0. The number of carbonyl (C=O) groups excluding carboxylic acids is 1. The third-order valence-electron chi connectivity index (χ3n) is 4.61. The highest BCUT2D eigenvalue weighted by Gasteiger charge is 2.34. The van der Waals surface area contributed by atoms with E-state index in [1.54, 1.807) is 12.0 Å². The van der Waals surface area contributed by atoms with Gasteiger partial charge >= 0.3 is 6.03 Å². The molecule has 7 nitrogen and oxygen atoms in total. The lowest BCUT2D eigenvalue weighted by Gasteiger charge is -2.22. The monoisotopic (exact) mass is 364 g/mol. The fourth-order valence-corrected chi connectivity index (χ4v) is 3.29. The summed E-state index contributed by atoms with van der Waals surface area (Å²) in [6.45, 7) is 0.649. The van der Waals surface area contributed by atoms with Gasteiger partial charge in [-0.2, -0.15) is 4.98 Å². The SMILES string of the molecule is COc1ccccc1-c1noc([C@H]2CCCN2C(=O)Nc2ccccc2)n1. The van der Waals surface area contributed by atoms with Gasteiger partial charge in [-0.05, 0) is 37.1 Å². The van der Waals surface area contributed by atoms with Gasteiger partial charge in [0.15, 0.2) is 0 Å². The van der Waals surface area contributed by atoms with Crippen molar-refractivity contribution in [3.8, 4) is 17.1 Å². The van der Waals surface area contributed by atoms with Crippen LogP contribution < -0.4 is 10.1 Å². The van der Waals surface area contributed by atoms with Crippen LogP contribution >= 0.6 is 0 Å². The van der Waals surface area contributed by atoms with Crippen molar-refractivity contribution >= 4 is 11.7 Å². The van der Waals surface area contributed by atoms with E-state index in [0.29, 0.717) is 24.0 Å². The Morgan fingerprint density at radius 3 is 2.78 bits per heavy atom. The Morgan fingerprint density at radius 1 is 1.19 bits per heavy atom. The molecular formula is C20H20N4O3. The Bertz CT molecular complexity index is 926. The first kappa shape index (κ1) is 17.1. The van der Waals surface area contributed by atoms with Gasteiger partial charge in [-0.15, -0.1) is 0 Å². The van der Waals surface area contributed by atoms with E-state index in [9.17, 15) is 4.79 Å². The number of aromatic nitrogens is 2. The van der Waals surface area contributed by atoms with Gasteiger partial charge in [0.05, 0.1) is 12.7 Å². The zero-order chi connectivity index (χ0) is 18.6. The Kier molecular flexibility index (Phi) is 4.74. The average Bonchev–Trinajstić information content (AvgIpc) is 3.38. The van der Waals surface area contributed by atoms with Crippen molar-refractivity contribution in [3.63, 3.8) is 0 Å². The van der Waals surface area contributed by atoms with Gasteiger partial charge in [0.25, 0.3) is 0 Å². The molecule has 138 valence electrons. The second-order valence-electron chi connectivity index (χ2n) is 6.30. The minimum atomic E-state index is -0.232. The highest BCUT2D eigenvalue weighted by Crippen LogP contribution is 2.34. The lowest BCUT2D eigenvalue weighted by atomic mass is 10.2. The topological polar surface area (TPSA) is 80.5 Å². The first-order chi connectivity index (χ1) is 13.3. The molecule has 2 amide bonds. The van der Waals surface area contributed by atoms with Gasteiger partial charge in [0.1, 0.15) is 11.8 Å². The maximum atomic E-state index is 12.7. The Balaban J connectivity index is 1.54. The van der Waals surface area contributed by atoms with E-state index in [2.05, 4.69) is 15.5 Å². The smallest absolute Gasteiger partial charge is 0.322 e. The number of nitrogens with one attached hydrogen (secondary N) is 1. The van der Waals surface area contributed by atoms with Crippen molar-refractivity contribution < 1.29 is 14.1 Å². The van der Waals surface area contributed by atoms with Crippen LogP contribution in [0, 0.1) is 0 Å². The Morgan fingerprint density at radius 2 is 1.96 bits per heavy atom. The van der Waals surface area contributed by atoms with Crippen LogP contribution in [0.1, 0.15) is 24.8 Å². The second-order valence-corrected chi connectivity index (χ2v) is 6.30. The van der Waals surface area contributed by atoms with E-state index in [4.69, 9.17) is 9.26 Å². The molecule has 0 spiro atoms. The van der Waals surface area contributed by atoms with Crippen molar-refractivity contribution in [3.05, 3.63) is 60.5 Å². The van der Waals surface area contributed by atoms with Gasteiger partial charge in [-0.1, -0.05) is 35.5 Å². The van der Waals surface area contributed by atoms with Crippen molar-refractivity contribution in [1.82, 2.24) is 15.0 Å². The predicted molar refractivity (Wildman–Crippen MR) is 100 cm³/mol. The Labute approximate surface area is 156 Å². The summed E-state index contributed by atoms with van der Waals surface area (Å²) in [5, 5.41) is 7.01. The fraction of sp³-hybridized carbons (Fsp3) is 0.250. The van der Waals surface area contributed by atoms with Crippen LogP contribution in [0.15, 0.2) is 59.1 Å². The van der Waals surface area contributed by atoms with Crippen LogP contribution in [0.5, 0.6) is 5.75 Å². The molecular weight excluding hydrogens is 344 g/mol. The van der Waals surface area contributed by atoms with Gasteiger partial charge in [0, 0.05) is 12.2 Å². The molecule has 27 heavy (non-hydrogen) atoms. The number of hydrogen-bond acceptors (Lipinski definition) is 5. The molecule has 0 saturated carbocycles. The van der Waals surface area contributed by atoms with Gasteiger partial charge in [0.2, 0.25) is 11.7 Å². The highest BCUT2D eigenvalue weighted by atomic mass is 16.5. The summed E-state index contributed by atoms with van der Waals surface area (Å²) in [5.74, 6) is 1.57. The lowest BCUT2D eigenvalue weighted by Crippen LogP contribution is -2.34. The molecule has 2 aromatic carbocycles. The van der Waals surface area contributed by atoms with Gasteiger partial charge in [-0.25, -0.2) is 4.79 Å². The van der Waals surface area contributed by atoms with Crippen LogP contribution in [0.4, 0.5) is 10.5 Å². The molecule has 0 radical (unpaired) electrons. The van der Waals surface area contributed by atoms with Crippen molar-refractivity contribution in [2.45, 2.75) is 18.9 Å². The molecule has 1 N–H and O–H groups in total. The molecule has 0 bridgehead atoms. The number of urea groups is 1. The number of rotatable bonds is 4. The number of methoxy groups -OCH3 is 1. The lowest BCUT2D eigenvalue weighted by molar-refractivity contribution is 0.193. The number of ether oxygens (including phenoxy) is 1. The van der Waals surface area contributed by atoms with Crippen molar-refractivity contribution in [2.75, 3.05) is 19.0 Å². The number of anilines is 1. The number of hydrogen-bond donors (Lipinski definition) is 1. The van der Waals surface area contributed by atoms with Crippen LogP contribution in [0.25, 0.3) is 11.4 Å². The number of nitrogens with zero attached hydrogens (tertiary/aromatic N) is 3. The minimum absolute atomic E-state index is 0.166. The summed E-state index contributed by atoms with van der Waals surface area (Å²) in [5.41, 5.74) is 1.52. The first-order valence-corrected chi connectivity index (χ1v) is 8.86. The highest BCUT2D eigenvalue weighted by molar-refractivity contribution is 5.89. The summed E-state index contributed by atoms with van der Waals surface area (Å²) in [6, 6.07) is 16.5. The maximum absolute atomic E-state index is 12.7. The summed E-state index contributed by atoms with van der Waals surface area (Å²) in [6.07, 6.45) is 1.68. The van der Waals surface area contributed by atoms with E-state index in [0.717, 1.165) is 24.1 Å². The van der Waals surface area contributed by atoms with Crippen LogP contribution in [-0.4, -0.2) is 34.7 Å². The molecule has 7 heteroatoms. The molecule has 0 aliphatic carbocycles. The molecule has 2 heterocycles.